The average Bonchev–Trinajstić information content (AvgIpc) is 3.00. The molecule has 0 atom stereocenters. The maximum Gasteiger partial charge on any atom is 0.280 e. The lowest BCUT2D eigenvalue weighted by atomic mass is 10.3. The van der Waals surface area contributed by atoms with Crippen molar-refractivity contribution in [1.82, 2.24) is 9.46 Å². The zero-order chi connectivity index (χ0) is 18.7. The fraction of sp³-hybridized carbons (Fsp3) is 0.375. The number of amides is 1. The van der Waals surface area contributed by atoms with Crippen LogP contribution in [0.4, 0.5) is 10.2 Å². The molecule has 140 valence electrons. The molecule has 3 rings (SSSR count). The van der Waals surface area contributed by atoms with E-state index in [2.05, 4.69) is 10.5 Å². The number of sulfonamides is 1. The SMILES string of the molecule is Cc1cc(NC(=O)C[NH+]2CCN(S(=O)(=O)c3cccc(F)c3)CC2)no1. The van der Waals surface area contributed by atoms with Crippen LogP contribution in [0.3, 0.4) is 0 Å². The van der Waals surface area contributed by atoms with Crippen molar-refractivity contribution >= 4 is 21.7 Å². The number of aromatic nitrogens is 1. The highest BCUT2D eigenvalue weighted by Crippen LogP contribution is 2.16. The van der Waals surface area contributed by atoms with Crippen LogP contribution < -0.4 is 10.2 Å². The lowest BCUT2D eigenvalue weighted by Gasteiger charge is -2.31. The Hall–Kier alpha value is -2.30. The summed E-state index contributed by atoms with van der Waals surface area (Å²) in [5, 5.41) is 6.34. The van der Waals surface area contributed by atoms with Crippen LogP contribution >= 0.6 is 0 Å². The summed E-state index contributed by atoms with van der Waals surface area (Å²) in [4.78, 5) is 13.0. The van der Waals surface area contributed by atoms with E-state index in [0.717, 1.165) is 11.0 Å². The van der Waals surface area contributed by atoms with Crippen LogP contribution in [0.2, 0.25) is 0 Å². The number of carbonyl (C=O) groups is 1. The highest BCUT2D eigenvalue weighted by Gasteiger charge is 2.31. The Morgan fingerprint density at radius 3 is 2.69 bits per heavy atom. The lowest BCUT2D eigenvalue weighted by molar-refractivity contribution is -0.895. The first-order valence-electron chi connectivity index (χ1n) is 8.17. The predicted molar refractivity (Wildman–Crippen MR) is 90.6 cm³/mol. The standard InChI is InChI=1S/C16H19FN4O4S/c1-12-9-15(19-25-12)18-16(22)11-20-5-7-21(8-6-20)26(23,24)14-4-2-3-13(17)10-14/h2-4,9-10H,5-8,11H2,1H3,(H,18,19,22)/p+1. The summed E-state index contributed by atoms with van der Waals surface area (Å²) in [7, 11) is -3.73. The number of piperazine rings is 1. The van der Waals surface area contributed by atoms with E-state index in [1.165, 1.54) is 22.5 Å². The van der Waals surface area contributed by atoms with E-state index in [1.54, 1.807) is 13.0 Å². The van der Waals surface area contributed by atoms with Gasteiger partial charge in [0.1, 0.15) is 11.6 Å². The van der Waals surface area contributed by atoms with Crippen LogP contribution in [0, 0.1) is 12.7 Å². The molecule has 0 spiro atoms. The second-order valence-corrected chi connectivity index (χ2v) is 8.10. The molecule has 1 amide bonds. The van der Waals surface area contributed by atoms with E-state index in [0.29, 0.717) is 24.7 Å². The largest absolute Gasteiger partial charge is 0.360 e. The molecule has 1 saturated heterocycles. The quantitative estimate of drug-likeness (QED) is 0.736. The van der Waals surface area contributed by atoms with E-state index < -0.39 is 15.8 Å². The highest BCUT2D eigenvalue weighted by atomic mass is 32.2. The third-order valence-electron chi connectivity index (χ3n) is 4.17. The van der Waals surface area contributed by atoms with Gasteiger partial charge in [0.2, 0.25) is 10.0 Å². The van der Waals surface area contributed by atoms with Gasteiger partial charge in [0.05, 0.1) is 31.1 Å². The van der Waals surface area contributed by atoms with E-state index in [-0.39, 0.29) is 30.4 Å². The number of nitrogens with zero attached hydrogens (tertiary/aromatic N) is 2. The van der Waals surface area contributed by atoms with Crippen molar-refractivity contribution in [2.24, 2.45) is 0 Å². The molecule has 0 radical (unpaired) electrons. The third-order valence-corrected chi connectivity index (χ3v) is 6.06. The van der Waals surface area contributed by atoms with Crippen molar-refractivity contribution in [3.05, 3.63) is 41.9 Å². The van der Waals surface area contributed by atoms with E-state index in [9.17, 15) is 17.6 Å². The number of nitrogens with one attached hydrogen (secondary N) is 2. The number of anilines is 1. The van der Waals surface area contributed by atoms with Gasteiger partial charge in [-0.15, -0.1) is 0 Å². The smallest absolute Gasteiger partial charge is 0.280 e. The zero-order valence-corrected chi connectivity index (χ0v) is 15.1. The number of aryl methyl sites for hydroxylation is 1. The van der Waals surface area contributed by atoms with Gasteiger partial charge in [-0.3, -0.25) is 4.79 Å². The summed E-state index contributed by atoms with van der Waals surface area (Å²) in [5.41, 5.74) is 0. The molecule has 1 aliphatic rings. The molecular weight excluding hydrogens is 363 g/mol. The van der Waals surface area contributed by atoms with E-state index >= 15 is 0 Å². The van der Waals surface area contributed by atoms with Crippen molar-refractivity contribution < 1.29 is 27.0 Å². The Morgan fingerprint density at radius 2 is 2.08 bits per heavy atom. The Bertz CT molecular complexity index is 891. The van der Waals surface area contributed by atoms with Crippen molar-refractivity contribution in [1.29, 1.82) is 0 Å². The molecule has 0 saturated carbocycles. The first-order valence-corrected chi connectivity index (χ1v) is 9.61. The molecule has 8 nitrogen and oxygen atoms in total. The zero-order valence-electron chi connectivity index (χ0n) is 14.2. The molecule has 0 unspecified atom stereocenters. The van der Waals surface area contributed by atoms with Gasteiger partial charge in [-0.05, 0) is 25.1 Å². The Morgan fingerprint density at radius 1 is 1.35 bits per heavy atom. The van der Waals surface area contributed by atoms with Crippen LogP contribution in [0.25, 0.3) is 0 Å². The third kappa shape index (κ3) is 4.26. The lowest BCUT2D eigenvalue weighted by Crippen LogP contribution is -3.15. The molecule has 10 heteroatoms. The van der Waals surface area contributed by atoms with Crippen LogP contribution in [0.15, 0.2) is 39.8 Å². The minimum absolute atomic E-state index is 0.0555. The predicted octanol–water partition coefficient (Wildman–Crippen LogP) is -0.350. The van der Waals surface area contributed by atoms with Crippen molar-refractivity contribution in [2.45, 2.75) is 11.8 Å². The van der Waals surface area contributed by atoms with Crippen molar-refractivity contribution in [3.63, 3.8) is 0 Å². The second-order valence-electron chi connectivity index (χ2n) is 6.16. The first kappa shape index (κ1) is 18.5. The van der Waals surface area contributed by atoms with Crippen LogP contribution in [-0.2, 0) is 14.8 Å². The number of halogens is 1. The van der Waals surface area contributed by atoms with Gasteiger partial charge in [0, 0.05) is 6.07 Å². The van der Waals surface area contributed by atoms with E-state index in [1.807, 2.05) is 0 Å². The molecule has 0 bridgehead atoms. The summed E-state index contributed by atoms with van der Waals surface area (Å²) < 4.78 is 44.6. The molecule has 2 aromatic rings. The number of carbonyl (C=O) groups excluding carboxylic acids is 1. The fourth-order valence-corrected chi connectivity index (χ4v) is 4.31. The number of rotatable bonds is 5. The monoisotopic (exact) mass is 383 g/mol. The maximum atomic E-state index is 13.3. The molecule has 1 aromatic heterocycles. The van der Waals surface area contributed by atoms with Crippen LogP contribution in [0.1, 0.15) is 5.76 Å². The summed E-state index contributed by atoms with van der Waals surface area (Å²) >= 11 is 0. The van der Waals surface area contributed by atoms with Gasteiger partial charge >= 0.3 is 0 Å². The topological polar surface area (TPSA) is 97.0 Å². The number of hydrogen-bond donors (Lipinski definition) is 2. The van der Waals surface area contributed by atoms with Gasteiger partial charge in [0.15, 0.2) is 12.4 Å². The highest BCUT2D eigenvalue weighted by molar-refractivity contribution is 7.89. The average molecular weight is 383 g/mol. The van der Waals surface area contributed by atoms with Crippen LogP contribution in [-0.4, -0.2) is 56.5 Å². The van der Waals surface area contributed by atoms with Crippen LogP contribution in [0.5, 0.6) is 0 Å². The molecule has 1 aromatic carbocycles. The molecular formula is C16H20FN4O4S+. The molecule has 2 heterocycles. The summed E-state index contributed by atoms with van der Waals surface area (Å²) in [5.74, 6) is 0.160. The molecule has 2 N–H and O–H groups in total. The Kier molecular flexibility index (Phi) is 5.35. The number of benzene rings is 1. The first-order chi connectivity index (χ1) is 12.3. The van der Waals surface area contributed by atoms with Gasteiger partial charge in [0.25, 0.3) is 5.91 Å². The van der Waals surface area contributed by atoms with Gasteiger partial charge in [-0.25, -0.2) is 12.8 Å². The van der Waals surface area contributed by atoms with Gasteiger partial charge < -0.3 is 14.7 Å². The molecule has 0 aliphatic carbocycles. The van der Waals surface area contributed by atoms with Crippen molar-refractivity contribution in [3.8, 4) is 0 Å². The minimum atomic E-state index is -3.73. The molecule has 26 heavy (non-hydrogen) atoms. The minimum Gasteiger partial charge on any atom is -0.360 e. The Labute approximate surface area is 150 Å². The summed E-state index contributed by atoms with van der Waals surface area (Å²) in [6.45, 7) is 3.45. The van der Waals surface area contributed by atoms with Gasteiger partial charge in [-0.2, -0.15) is 4.31 Å². The Balaban J connectivity index is 1.54. The molecule has 1 fully saturated rings. The normalized spacial score (nSPS) is 16.5. The maximum absolute atomic E-state index is 13.3. The van der Waals surface area contributed by atoms with E-state index in [4.69, 9.17) is 4.52 Å². The summed E-state index contributed by atoms with van der Waals surface area (Å²) in [6.07, 6.45) is 0. The fourth-order valence-electron chi connectivity index (χ4n) is 2.84. The number of hydrogen-bond acceptors (Lipinski definition) is 5. The molecule has 1 aliphatic heterocycles. The van der Waals surface area contributed by atoms with Gasteiger partial charge in [-0.1, -0.05) is 11.2 Å². The summed E-state index contributed by atoms with van der Waals surface area (Å²) in [6, 6.07) is 6.60. The van der Waals surface area contributed by atoms with Crippen molar-refractivity contribution in [2.75, 3.05) is 38.0 Å². The number of quaternary nitrogens is 1. The second kappa shape index (κ2) is 7.52.